The predicted molar refractivity (Wildman–Crippen MR) is 79.1 cm³/mol. The maximum Gasteiger partial charge on any atom is 0.289 e. The first-order valence-electron chi connectivity index (χ1n) is 6.96. The quantitative estimate of drug-likeness (QED) is 0.820. The predicted octanol–water partition coefficient (Wildman–Crippen LogP) is 1.95. The average Bonchev–Trinajstić information content (AvgIpc) is 3.29. The highest BCUT2D eigenvalue weighted by Gasteiger charge is 2.33. The summed E-state index contributed by atoms with van der Waals surface area (Å²) in [5, 5.41) is 5.09. The molecule has 1 aromatic heterocycles. The van der Waals surface area contributed by atoms with Crippen molar-refractivity contribution >= 4 is 31.9 Å². The number of carbonyl (C=O) groups excluding carboxylic acids is 1. The summed E-state index contributed by atoms with van der Waals surface area (Å²) >= 11 is 3.00. The number of sulfonamides is 1. The van der Waals surface area contributed by atoms with Crippen LogP contribution in [0.15, 0.2) is 20.0 Å². The van der Waals surface area contributed by atoms with Crippen LogP contribution in [0.4, 0.5) is 0 Å². The van der Waals surface area contributed by atoms with Gasteiger partial charge in [0.2, 0.25) is 10.0 Å². The minimum atomic E-state index is -3.90. The van der Waals surface area contributed by atoms with E-state index in [-0.39, 0.29) is 21.2 Å². The van der Waals surface area contributed by atoms with Crippen LogP contribution >= 0.6 is 15.9 Å². The van der Waals surface area contributed by atoms with Gasteiger partial charge < -0.3 is 9.32 Å². The zero-order valence-electron chi connectivity index (χ0n) is 11.4. The third-order valence-electron chi connectivity index (χ3n) is 3.81. The lowest BCUT2D eigenvalue weighted by Crippen LogP contribution is -2.34. The molecule has 0 spiro atoms. The van der Waals surface area contributed by atoms with Gasteiger partial charge in [-0.3, -0.25) is 4.79 Å². The number of halogens is 1. The largest absolute Gasteiger partial charge is 0.443 e. The topological polar surface area (TPSA) is 93.6 Å². The number of nitrogens with two attached hydrogens (primary N) is 1. The molecule has 0 saturated heterocycles. The zero-order valence-corrected chi connectivity index (χ0v) is 13.8. The second-order valence-electron chi connectivity index (χ2n) is 5.89. The molecule has 3 rings (SSSR count). The molecule has 2 aliphatic rings. The van der Waals surface area contributed by atoms with E-state index in [9.17, 15) is 13.2 Å². The lowest BCUT2D eigenvalue weighted by molar-refractivity contribution is 0.0706. The number of nitrogens with zero attached hydrogens (tertiary/aromatic N) is 1. The van der Waals surface area contributed by atoms with Gasteiger partial charge in [0, 0.05) is 19.2 Å². The Bertz CT molecular complexity index is 648. The maximum atomic E-state index is 12.5. The standard InChI is InChI=1S/C13H17BrN2O4S/c14-12-11(21(15,18)19)5-10(20-12)13(17)16(6-8-1-2-8)7-9-3-4-9/h5,8-9H,1-4,6-7H2,(H2,15,18,19). The minimum Gasteiger partial charge on any atom is -0.443 e. The molecule has 0 bridgehead atoms. The third-order valence-corrected chi connectivity index (χ3v) is 5.58. The van der Waals surface area contributed by atoms with E-state index >= 15 is 0 Å². The van der Waals surface area contributed by atoms with Crippen LogP contribution in [0, 0.1) is 11.8 Å². The molecule has 2 saturated carbocycles. The van der Waals surface area contributed by atoms with Crippen molar-refractivity contribution in [3.8, 4) is 0 Å². The molecule has 1 heterocycles. The van der Waals surface area contributed by atoms with E-state index in [1.165, 1.54) is 6.07 Å². The summed E-state index contributed by atoms with van der Waals surface area (Å²) in [6, 6.07) is 1.20. The fourth-order valence-electron chi connectivity index (χ4n) is 2.27. The van der Waals surface area contributed by atoms with Gasteiger partial charge >= 0.3 is 0 Å². The zero-order chi connectivity index (χ0) is 15.2. The Hall–Kier alpha value is -0.860. The molecule has 1 amide bonds. The molecule has 8 heteroatoms. The second-order valence-corrected chi connectivity index (χ2v) is 8.14. The summed E-state index contributed by atoms with van der Waals surface area (Å²) in [6.07, 6.45) is 4.61. The van der Waals surface area contributed by atoms with E-state index in [4.69, 9.17) is 9.56 Å². The average molecular weight is 377 g/mol. The van der Waals surface area contributed by atoms with Gasteiger partial charge in [-0.05, 0) is 53.4 Å². The van der Waals surface area contributed by atoms with E-state index in [2.05, 4.69) is 15.9 Å². The van der Waals surface area contributed by atoms with E-state index in [0.29, 0.717) is 11.8 Å². The lowest BCUT2D eigenvalue weighted by Gasteiger charge is -2.21. The van der Waals surface area contributed by atoms with E-state index in [0.717, 1.165) is 38.8 Å². The molecule has 0 unspecified atom stereocenters. The summed E-state index contributed by atoms with van der Waals surface area (Å²) < 4.78 is 28.0. The molecule has 2 N–H and O–H groups in total. The van der Waals surface area contributed by atoms with Gasteiger partial charge in [-0.15, -0.1) is 0 Å². The highest BCUT2D eigenvalue weighted by atomic mass is 79.9. The Morgan fingerprint density at radius 1 is 1.29 bits per heavy atom. The van der Waals surface area contributed by atoms with Gasteiger partial charge in [-0.1, -0.05) is 0 Å². The fraction of sp³-hybridized carbons (Fsp3) is 0.615. The summed E-state index contributed by atoms with van der Waals surface area (Å²) in [5.41, 5.74) is 0. The minimum absolute atomic E-state index is 0.0206. The van der Waals surface area contributed by atoms with Gasteiger partial charge in [-0.2, -0.15) is 0 Å². The Morgan fingerprint density at radius 3 is 2.19 bits per heavy atom. The Morgan fingerprint density at radius 2 is 1.81 bits per heavy atom. The van der Waals surface area contributed by atoms with Crippen molar-refractivity contribution in [1.29, 1.82) is 0 Å². The van der Waals surface area contributed by atoms with Crippen LogP contribution in [0.1, 0.15) is 36.2 Å². The molecule has 2 aliphatic carbocycles. The molecule has 6 nitrogen and oxygen atoms in total. The van der Waals surface area contributed by atoms with Crippen molar-refractivity contribution < 1.29 is 17.6 Å². The first-order chi connectivity index (χ1) is 9.84. The summed E-state index contributed by atoms with van der Waals surface area (Å²) in [7, 11) is -3.90. The second kappa shape index (κ2) is 5.40. The van der Waals surface area contributed by atoms with Crippen LogP contribution in [0.3, 0.4) is 0 Å². The molecule has 0 radical (unpaired) electrons. The number of amides is 1. The highest BCUT2D eigenvalue weighted by molar-refractivity contribution is 9.10. The SMILES string of the molecule is NS(=O)(=O)c1cc(C(=O)N(CC2CC2)CC2CC2)oc1Br. The van der Waals surface area contributed by atoms with Crippen LogP contribution < -0.4 is 5.14 Å². The number of carbonyl (C=O) groups is 1. The number of hydrogen-bond acceptors (Lipinski definition) is 4. The van der Waals surface area contributed by atoms with Crippen LogP contribution in [-0.4, -0.2) is 32.3 Å². The van der Waals surface area contributed by atoms with E-state index in [1.807, 2.05) is 0 Å². The Balaban J connectivity index is 1.81. The normalized spacial score (nSPS) is 18.8. The smallest absolute Gasteiger partial charge is 0.289 e. The van der Waals surface area contributed by atoms with E-state index < -0.39 is 10.0 Å². The third kappa shape index (κ3) is 3.67. The molecule has 116 valence electrons. The van der Waals surface area contributed by atoms with E-state index in [1.54, 1.807) is 4.90 Å². The summed E-state index contributed by atoms with van der Waals surface area (Å²) in [5.74, 6) is 0.907. The van der Waals surface area contributed by atoms with Gasteiger partial charge in [0.1, 0.15) is 4.90 Å². The summed E-state index contributed by atoms with van der Waals surface area (Å²) in [4.78, 5) is 14.1. The van der Waals surface area contributed by atoms with Crippen LogP contribution in [-0.2, 0) is 10.0 Å². The lowest BCUT2D eigenvalue weighted by atomic mass is 10.3. The molecule has 21 heavy (non-hydrogen) atoms. The first kappa shape index (κ1) is 15.1. The van der Waals surface area contributed by atoms with Crippen molar-refractivity contribution in [2.24, 2.45) is 17.0 Å². The molecule has 0 aliphatic heterocycles. The number of primary sulfonamides is 1. The van der Waals surface area contributed by atoms with Gasteiger partial charge in [-0.25, -0.2) is 13.6 Å². The fourth-order valence-corrected chi connectivity index (χ4v) is 3.77. The molecule has 2 fully saturated rings. The van der Waals surface area contributed by atoms with Crippen LogP contribution in [0.25, 0.3) is 0 Å². The van der Waals surface area contributed by atoms with Crippen molar-refractivity contribution in [2.45, 2.75) is 30.6 Å². The van der Waals surface area contributed by atoms with Crippen molar-refractivity contribution in [3.05, 3.63) is 16.5 Å². The number of hydrogen-bond donors (Lipinski definition) is 1. The number of rotatable bonds is 6. The van der Waals surface area contributed by atoms with Crippen molar-refractivity contribution in [1.82, 2.24) is 4.90 Å². The Kier molecular flexibility index (Phi) is 3.87. The molecule has 0 aromatic carbocycles. The monoisotopic (exact) mass is 376 g/mol. The number of furan rings is 1. The van der Waals surface area contributed by atoms with Crippen LogP contribution in [0.2, 0.25) is 0 Å². The molecule has 0 atom stereocenters. The van der Waals surface area contributed by atoms with Gasteiger partial charge in [0.25, 0.3) is 5.91 Å². The first-order valence-corrected chi connectivity index (χ1v) is 9.30. The molecule has 1 aromatic rings. The molecular weight excluding hydrogens is 360 g/mol. The maximum absolute atomic E-state index is 12.5. The van der Waals surface area contributed by atoms with Crippen LogP contribution in [0.5, 0.6) is 0 Å². The van der Waals surface area contributed by atoms with Gasteiger partial charge in [0.15, 0.2) is 10.4 Å². The summed E-state index contributed by atoms with van der Waals surface area (Å²) in [6.45, 7) is 1.44. The highest BCUT2D eigenvalue weighted by Crippen LogP contribution is 2.35. The Labute approximate surface area is 131 Å². The molecular formula is C13H17BrN2O4S. The van der Waals surface area contributed by atoms with Crippen molar-refractivity contribution in [3.63, 3.8) is 0 Å². The van der Waals surface area contributed by atoms with Gasteiger partial charge in [0.05, 0.1) is 0 Å². The van der Waals surface area contributed by atoms with Crippen molar-refractivity contribution in [2.75, 3.05) is 13.1 Å².